The summed E-state index contributed by atoms with van der Waals surface area (Å²) in [6.07, 6.45) is 8.83. The van der Waals surface area contributed by atoms with E-state index in [0.29, 0.717) is 16.5 Å². The molecule has 0 aliphatic rings. The van der Waals surface area contributed by atoms with E-state index in [-0.39, 0.29) is 11.6 Å². The normalized spacial score (nSPS) is 10.7. The Kier molecular flexibility index (Phi) is 7.96. The lowest BCUT2D eigenvalue weighted by Gasteiger charge is -2.03. The Bertz CT molecular complexity index is 404. The van der Waals surface area contributed by atoms with Crippen molar-refractivity contribution in [2.24, 2.45) is 0 Å². The first-order valence-electron chi connectivity index (χ1n) is 7.13. The quantitative estimate of drug-likeness (QED) is 0.406. The van der Waals surface area contributed by atoms with E-state index in [0.717, 1.165) is 12.8 Å². The molecule has 0 atom stereocenters. The first-order chi connectivity index (χ1) is 9.15. The molecule has 0 N–H and O–H groups in total. The van der Waals surface area contributed by atoms with Crippen molar-refractivity contribution in [2.45, 2.75) is 58.3 Å². The fraction of sp³-hybridized carbons (Fsp3) is 0.562. The first kappa shape index (κ1) is 16.4. The number of hydrogen-bond acceptors (Lipinski definition) is 1. The van der Waals surface area contributed by atoms with E-state index >= 15 is 0 Å². The van der Waals surface area contributed by atoms with Crippen LogP contribution in [0.4, 0.5) is 4.39 Å². The van der Waals surface area contributed by atoms with Crippen molar-refractivity contribution in [3.05, 3.63) is 34.1 Å². The fourth-order valence-corrected chi connectivity index (χ4v) is 2.30. The summed E-state index contributed by atoms with van der Waals surface area (Å²) in [5, 5.41) is 0. The topological polar surface area (TPSA) is 17.1 Å². The van der Waals surface area contributed by atoms with E-state index in [1.165, 1.54) is 38.2 Å². The smallest absolute Gasteiger partial charge is 0.162 e. The van der Waals surface area contributed by atoms with Crippen LogP contribution in [0.1, 0.15) is 68.6 Å². The van der Waals surface area contributed by atoms with Crippen molar-refractivity contribution in [3.8, 4) is 0 Å². The minimum absolute atomic E-state index is 0.0416. The van der Waals surface area contributed by atoms with Gasteiger partial charge in [0.1, 0.15) is 5.82 Å². The van der Waals surface area contributed by atoms with Gasteiger partial charge in [0.2, 0.25) is 0 Å². The summed E-state index contributed by atoms with van der Waals surface area (Å²) in [7, 11) is 0. The Hall–Kier alpha value is -0.700. The molecule has 0 bridgehead atoms. The molecular weight excluding hydrogens is 307 g/mol. The van der Waals surface area contributed by atoms with Crippen molar-refractivity contribution in [1.82, 2.24) is 0 Å². The number of unbranched alkanes of at least 4 members (excludes halogenated alkanes) is 6. The fourth-order valence-electron chi connectivity index (χ4n) is 2.06. The summed E-state index contributed by atoms with van der Waals surface area (Å²) in [4.78, 5) is 11.9. The predicted molar refractivity (Wildman–Crippen MR) is 81.0 cm³/mol. The minimum Gasteiger partial charge on any atom is -0.294 e. The van der Waals surface area contributed by atoms with Gasteiger partial charge >= 0.3 is 0 Å². The molecule has 106 valence electrons. The zero-order chi connectivity index (χ0) is 14.1. The number of halogens is 2. The van der Waals surface area contributed by atoms with Gasteiger partial charge in [-0.15, -0.1) is 0 Å². The second kappa shape index (κ2) is 9.24. The third-order valence-corrected chi connectivity index (χ3v) is 3.89. The van der Waals surface area contributed by atoms with Gasteiger partial charge in [0.15, 0.2) is 5.78 Å². The van der Waals surface area contributed by atoms with E-state index in [2.05, 4.69) is 22.9 Å². The number of benzene rings is 1. The van der Waals surface area contributed by atoms with Crippen LogP contribution in [0.15, 0.2) is 22.7 Å². The van der Waals surface area contributed by atoms with Crippen LogP contribution in [0.5, 0.6) is 0 Å². The highest BCUT2D eigenvalue weighted by Gasteiger charge is 2.08. The lowest BCUT2D eigenvalue weighted by molar-refractivity contribution is 0.0978. The number of Topliss-reactive ketones (excluding diaryl/α,β-unsaturated/α-hetero) is 1. The second-order valence-corrected chi connectivity index (χ2v) is 5.78. The zero-order valence-electron chi connectivity index (χ0n) is 11.6. The average Bonchev–Trinajstić information content (AvgIpc) is 2.40. The monoisotopic (exact) mass is 328 g/mol. The van der Waals surface area contributed by atoms with Gasteiger partial charge in [-0.1, -0.05) is 51.5 Å². The molecule has 0 spiro atoms. The number of carbonyl (C=O) groups is 1. The predicted octanol–water partition coefficient (Wildman–Crippen LogP) is 5.91. The number of carbonyl (C=O) groups excluding carboxylic acids is 1. The lowest BCUT2D eigenvalue weighted by Crippen LogP contribution is -1.99. The zero-order valence-corrected chi connectivity index (χ0v) is 13.1. The molecule has 19 heavy (non-hydrogen) atoms. The highest BCUT2D eigenvalue weighted by molar-refractivity contribution is 9.10. The van der Waals surface area contributed by atoms with Crippen LogP contribution in [0.25, 0.3) is 0 Å². The summed E-state index contributed by atoms with van der Waals surface area (Å²) in [6.45, 7) is 2.20. The van der Waals surface area contributed by atoms with Crippen molar-refractivity contribution in [3.63, 3.8) is 0 Å². The van der Waals surface area contributed by atoms with E-state index in [4.69, 9.17) is 0 Å². The Morgan fingerprint density at radius 3 is 2.37 bits per heavy atom. The first-order valence-corrected chi connectivity index (χ1v) is 7.92. The number of rotatable bonds is 9. The molecule has 0 aliphatic heterocycles. The second-order valence-electron chi connectivity index (χ2n) is 4.92. The molecule has 0 fully saturated rings. The number of ketones is 1. The lowest BCUT2D eigenvalue weighted by atomic mass is 10.0. The van der Waals surface area contributed by atoms with E-state index in [1.807, 2.05) is 0 Å². The summed E-state index contributed by atoms with van der Waals surface area (Å²) in [5.74, 6) is -0.328. The van der Waals surface area contributed by atoms with Crippen molar-refractivity contribution in [2.75, 3.05) is 0 Å². The standard InChI is InChI=1S/C16H22BrFO/c1-2-3-4-5-6-7-8-9-16(19)13-10-11-14(17)15(18)12-13/h10-12H,2-9H2,1H3. The molecule has 0 saturated carbocycles. The molecule has 0 amide bonds. The van der Waals surface area contributed by atoms with Crippen LogP contribution >= 0.6 is 15.9 Å². The van der Waals surface area contributed by atoms with Gasteiger partial charge in [0, 0.05) is 12.0 Å². The molecule has 1 aromatic rings. The summed E-state index contributed by atoms with van der Waals surface area (Å²) in [5.41, 5.74) is 0.478. The van der Waals surface area contributed by atoms with Crippen LogP contribution in [0.3, 0.4) is 0 Å². The third kappa shape index (κ3) is 6.33. The molecule has 0 aromatic heterocycles. The number of hydrogen-bond donors (Lipinski definition) is 0. The summed E-state index contributed by atoms with van der Waals surface area (Å²) < 4.78 is 13.7. The molecule has 1 rings (SSSR count). The molecule has 0 aliphatic carbocycles. The van der Waals surface area contributed by atoms with Crippen molar-refractivity contribution in [1.29, 1.82) is 0 Å². The van der Waals surface area contributed by atoms with E-state index < -0.39 is 0 Å². The van der Waals surface area contributed by atoms with Crippen LogP contribution in [-0.2, 0) is 0 Å². The summed E-state index contributed by atoms with van der Waals surface area (Å²) in [6, 6.07) is 4.58. The van der Waals surface area contributed by atoms with Crippen LogP contribution in [-0.4, -0.2) is 5.78 Å². The van der Waals surface area contributed by atoms with Gasteiger partial charge in [0.05, 0.1) is 4.47 Å². The van der Waals surface area contributed by atoms with Crippen LogP contribution < -0.4 is 0 Å². The van der Waals surface area contributed by atoms with Crippen LogP contribution in [0.2, 0.25) is 0 Å². The molecule has 0 unspecified atom stereocenters. The van der Waals surface area contributed by atoms with Gasteiger partial charge in [-0.3, -0.25) is 4.79 Å². The highest BCUT2D eigenvalue weighted by Crippen LogP contribution is 2.18. The van der Waals surface area contributed by atoms with Crippen molar-refractivity contribution >= 4 is 21.7 Å². The maximum atomic E-state index is 13.3. The van der Waals surface area contributed by atoms with Gasteiger partial charge in [0.25, 0.3) is 0 Å². The maximum Gasteiger partial charge on any atom is 0.162 e. The average molecular weight is 329 g/mol. The van der Waals surface area contributed by atoms with Crippen LogP contribution in [0, 0.1) is 5.82 Å². The molecule has 1 nitrogen and oxygen atoms in total. The molecular formula is C16H22BrFO. The molecule has 0 radical (unpaired) electrons. The molecule has 0 heterocycles. The van der Waals surface area contributed by atoms with Gasteiger partial charge in [-0.2, -0.15) is 0 Å². The highest BCUT2D eigenvalue weighted by atomic mass is 79.9. The third-order valence-electron chi connectivity index (χ3n) is 3.25. The molecule has 0 saturated heterocycles. The Morgan fingerprint density at radius 1 is 1.11 bits per heavy atom. The Morgan fingerprint density at radius 2 is 1.74 bits per heavy atom. The minimum atomic E-state index is -0.370. The Labute approximate surface area is 123 Å². The Balaban J connectivity index is 2.22. The van der Waals surface area contributed by atoms with Gasteiger partial charge in [-0.05, 0) is 34.5 Å². The maximum absolute atomic E-state index is 13.3. The van der Waals surface area contributed by atoms with E-state index in [1.54, 1.807) is 12.1 Å². The summed E-state index contributed by atoms with van der Waals surface area (Å²) >= 11 is 3.09. The largest absolute Gasteiger partial charge is 0.294 e. The SMILES string of the molecule is CCCCCCCCCC(=O)c1ccc(Br)c(F)c1. The van der Waals surface area contributed by atoms with Gasteiger partial charge < -0.3 is 0 Å². The molecule has 3 heteroatoms. The van der Waals surface area contributed by atoms with E-state index in [9.17, 15) is 9.18 Å². The molecule has 1 aromatic carbocycles. The van der Waals surface area contributed by atoms with Gasteiger partial charge in [-0.25, -0.2) is 4.39 Å². The van der Waals surface area contributed by atoms with Crippen molar-refractivity contribution < 1.29 is 9.18 Å².